The number of halogens is 1. The zero-order valence-corrected chi connectivity index (χ0v) is 19.5. The number of likely N-dealkylation sites (tertiary alicyclic amines) is 1. The van der Waals surface area contributed by atoms with E-state index in [0.29, 0.717) is 28.7 Å². The Hall–Kier alpha value is -3.52. The summed E-state index contributed by atoms with van der Waals surface area (Å²) in [5, 5.41) is 25.1. The van der Waals surface area contributed by atoms with Crippen LogP contribution >= 0.6 is 0 Å². The number of benzene rings is 1. The monoisotopic (exact) mass is 452 g/mol. The van der Waals surface area contributed by atoms with Gasteiger partial charge in [0.05, 0.1) is 11.9 Å². The number of hydrogen-bond donors (Lipinski definition) is 2. The van der Waals surface area contributed by atoms with Crippen molar-refractivity contribution < 1.29 is 4.48 Å². The van der Waals surface area contributed by atoms with E-state index in [2.05, 4.69) is 76.8 Å². The van der Waals surface area contributed by atoms with Crippen LogP contribution in [0.2, 0.25) is 0 Å². The van der Waals surface area contributed by atoms with Crippen molar-refractivity contribution in [1.29, 1.82) is 5.26 Å². The van der Waals surface area contributed by atoms with E-state index >= 15 is 0 Å². The summed E-state index contributed by atoms with van der Waals surface area (Å²) in [6, 6.07) is 9.61. The Morgan fingerprint density at radius 1 is 1.15 bits per heavy atom. The third kappa shape index (κ3) is 4.80. The van der Waals surface area contributed by atoms with E-state index in [9.17, 15) is 9.74 Å². The number of anilines is 4. The van der Waals surface area contributed by atoms with E-state index in [1.165, 1.54) is 11.2 Å². The van der Waals surface area contributed by atoms with Crippen molar-refractivity contribution in [2.75, 3.05) is 29.4 Å². The molecule has 0 radical (unpaired) electrons. The molecule has 1 aromatic heterocycles. The molecule has 33 heavy (non-hydrogen) atoms. The lowest BCUT2D eigenvalue weighted by molar-refractivity contribution is -0.00773. The normalized spacial score (nSPS) is 20.0. The summed E-state index contributed by atoms with van der Waals surface area (Å²) in [4.78, 5) is 11.3. The fraction of sp³-hybridized carbons (Fsp3) is 0.500. The second-order valence-corrected chi connectivity index (χ2v) is 9.73. The van der Waals surface area contributed by atoms with Crippen LogP contribution in [0.1, 0.15) is 46.1 Å². The van der Waals surface area contributed by atoms with Crippen molar-refractivity contribution in [1.82, 2.24) is 20.1 Å². The first kappa shape index (κ1) is 22.7. The maximum atomic E-state index is 13.2. The van der Waals surface area contributed by atoms with Crippen molar-refractivity contribution in [3.05, 3.63) is 36.0 Å². The molecule has 174 valence electrons. The SMILES string of the molecule is CN1C(C)(C)CC(Nc2nc(Nc3cccc(N4CN(F)N=N4)c3)ncc2C#N)CC1(C)C. The average Bonchev–Trinajstić information content (AvgIpc) is 3.18. The molecule has 10 nitrogen and oxygen atoms in total. The lowest BCUT2D eigenvalue weighted by Crippen LogP contribution is -2.61. The molecule has 1 saturated heterocycles. The quantitative estimate of drug-likeness (QED) is 0.643. The predicted octanol–water partition coefficient (Wildman–Crippen LogP) is 4.40. The van der Waals surface area contributed by atoms with Gasteiger partial charge in [-0.05, 0) is 76.2 Å². The Morgan fingerprint density at radius 3 is 2.52 bits per heavy atom. The highest BCUT2D eigenvalue weighted by Gasteiger charge is 2.43. The van der Waals surface area contributed by atoms with Gasteiger partial charge in [-0.15, -0.1) is 0 Å². The Kier molecular flexibility index (Phi) is 5.80. The molecule has 1 fully saturated rings. The van der Waals surface area contributed by atoms with E-state index in [1.807, 2.05) is 12.1 Å². The molecule has 0 amide bonds. The maximum absolute atomic E-state index is 13.2. The molecule has 2 N–H and O–H groups in total. The average molecular weight is 453 g/mol. The van der Waals surface area contributed by atoms with Crippen LogP contribution in [0, 0.1) is 11.3 Å². The minimum absolute atomic E-state index is 0.00285. The first-order valence-corrected chi connectivity index (χ1v) is 10.8. The highest BCUT2D eigenvalue weighted by Crippen LogP contribution is 2.38. The first-order valence-electron chi connectivity index (χ1n) is 10.8. The molecule has 2 aromatic rings. The fourth-order valence-electron chi connectivity index (χ4n) is 4.57. The van der Waals surface area contributed by atoms with Crippen molar-refractivity contribution in [2.45, 2.75) is 57.7 Å². The molecule has 0 unspecified atom stereocenters. The van der Waals surface area contributed by atoms with Crippen LogP contribution in [-0.4, -0.2) is 50.9 Å². The summed E-state index contributed by atoms with van der Waals surface area (Å²) in [5.41, 5.74) is 1.78. The zero-order valence-electron chi connectivity index (χ0n) is 19.5. The number of nitrogens with zero attached hydrogens (tertiary/aromatic N) is 8. The van der Waals surface area contributed by atoms with Gasteiger partial charge in [0.25, 0.3) is 0 Å². The van der Waals surface area contributed by atoms with E-state index in [-0.39, 0.29) is 29.0 Å². The second kappa shape index (κ2) is 8.44. The molecule has 2 aliphatic heterocycles. The smallest absolute Gasteiger partial charge is 0.229 e. The van der Waals surface area contributed by atoms with Gasteiger partial charge in [0, 0.05) is 22.8 Å². The Morgan fingerprint density at radius 2 is 1.88 bits per heavy atom. The molecule has 2 aliphatic rings. The minimum atomic E-state index is -0.0752. The number of nitriles is 1. The Balaban J connectivity index is 1.53. The molecular weight excluding hydrogens is 423 g/mol. The van der Waals surface area contributed by atoms with Crippen LogP contribution in [0.3, 0.4) is 0 Å². The summed E-state index contributed by atoms with van der Waals surface area (Å²) < 4.78 is 13.2. The van der Waals surface area contributed by atoms with Gasteiger partial charge in [-0.25, -0.2) is 9.99 Å². The van der Waals surface area contributed by atoms with Gasteiger partial charge < -0.3 is 10.6 Å². The summed E-state index contributed by atoms with van der Waals surface area (Å²) in [6.45, 7) is 8.85. The summed E-state index contributed by atoms with van der Waals surface area (Å²) in [5.74, 6) is 0.865. The number of hydrogen-bond acceptors (Lipinski definition) is 10. The van der Waals surface area contributed by atoms with Gasteiger partial charge in [0.15, 0.2) is 6.67 Å². The number of piperidine rings is 1. The molecule has 4 rings (SSSR count). The van der Waals surface area contributed by atoms with Gasteiger partial charge in [0.1, 0.15) is 17.5 Å². The van der Waals surface area contributed by atoms with Crippen molar-refractivity contribution >= 4 is 23.1 Å². The third-order valence-electron chi connectivity index (χ3n) is 6.45. The van der Waals surface area contributed by atoms with Crippen molar-refractivity contribution in [2.24, 2.45) is 10.4 Å². The van der Waals surface area contributed by atoms with E-state index in [4.69, 9.17) is 0 Å². The number of aromatic nitrogens is 2. The van der Waals surface area contributed by atoms with Crippen molar-refractivity contribution in [3.8, 4) is 6.07 Å². The molecule has 3 heterocycles. The van der Waals surface area contributed by atoms with Gasteiger partial charge in [-0.2, -0.15) is 10.2 Å². The molecule has 0 aliphatic carbocycles. The summed E-state index contributed by atoms with van der Waals surface area (Å²) in [6.07, 6.45) is 3.35. The Bertz CT molecular complexity index is 1070. The second-order valence-electron chi connectivity index (χ2n) is 9.73. The molecule has 11 heteroatoms. The summed E-state index contributed by atoms with van der Waals surface area (Å²) >= 11 is 0. The van der Waals surface area contributed by atoms with Gasteiger partial charge in [-0.1, -0.05) is 15.8 Å². The molecule has 0 saturated carbocycles. The lowest BCUT2D eigenvalue weighted by atomic mass is 9.77. The number of nitrogens with one attached hydrogen (secondary N) is 2. The summed E-state index contributed by atoms with van der Waals surface area (Å²) in [7, 11) is 2.16. The van der Waals surface area contributed by atoms with Crippen molar-refractivity contribution in [3.63, 3.8) is 0 Å². The minimum Gasteiger partial charge on any atom is -0.366 e. The molecule has 0 atom stereocenters. The van der Waals surface area contributed by atoms with Gasteiger partial charge in [0.2, 0.25) is 5.95 Å². The topological polar surface area (TPSA) is 108 Å². The molecule has 0 bridgehead atoms. The van der Waals surface area contributed by atoms with Crippen LogP contribution in [-0.2, 0) is 0 Å². The van der Waals surface area contributed by atoms with Gasteiger partial charge in [-0.3, -0.25) is 4.90 Å². The van der Waals surface area contributed by atoms with Crippen LogP contribution in [0.5, 0.6) is 0 Å². The van der Waals surface area contributed by atoms with Gasteiger partial charge >= 0.3 is 0 Å². The molecule has 1 aromatic carbocycles. The first-order chi connectivity index (χ1) is 15.6. The predicted molar refractivity (Wildman–Crippen MR) is 124 cm³/mol. The van der Waals surface area contributed by atoms with E-state index in [0.717, 1.165) is 12.8 Å². The third-order valence-corrected chi connectivity index (χ3v) is 6.45. The maximum Gasteiger partial charge on any atom is 0.229 e. The Labute approximate surface area is 193 Å². The highest BCUT2D eigenvalue weighted by atomic mass is 19.2. The lowest BCUT2D eigenvalue weighted by Gasteiger charge is -2.53. The van der Waals surface area contributed by atoms with Crippen LogP contribution in [0.4, 0.5) is 27.6 Å². The highest BCUT2D eigenvalue weighted by molar-refractivity contribution is 5.63. The van der Waals surface area contributed by atoms with Crippen LogP contribution in [0.15, 0.2) is 40.9 Å². The largest absolute Gasteiger partial charge is 0.366 e. The number of rotatable bonds is 5. The van der Waals surface area contributed by atoms with Crippen LogP contribution in [0.25, 0.3) is 0 Å². The van der Waals surface area contributed by atoms with E-state index in [1.54, 1.807) is 12.1 Å². The fourth-order valence-corrected chi connectivity index (χ4v) is 4.57. The van der Waals surface area contributed by atoms with E-state index < -0.39 is 0 Å². The van der Waals surface area contributed by atoms with Crippen LogP contribution < -0.4 is 15.6 Å². The molecular formula is C22H29FN10. The zero-order chi connectivity index (χ0) is 23.8. The molecule has 0 spiro atoms. The standard InChI is InChI=1S/C22H29FN10/c1-21(2)10-17(11-22(3,4)31(21)5)26-19-15(12-24)13-25-20(28-19)27-16-7-6-8-18(9-16)32-14-33(23)30-29-32/h6-9,13,17H,10-11,14H2,1-5H3,(H2,25,26,27,28).